The van der Waals surface area contributed by atoms with Crippen molar-refractivity contribution >= 4 is 35.6 Å². The number of hydrogen-bond acceptors (Lipinski definition) is 4. The van der Waals surface area contributed by atoms with E-state index in [1.165, 1.54) is 38.5 Å². The van der Waals surface area contributed by atoms with Gasteiger partial charge in [0.25, 0.3) is 0 Å². The van der Waals surface area contributed by atoms with Crippen molar-refractivity contribution in [3.8, 4) is 0 Å². The Kier molecular flexibility index (Phi) is 5.84. The molecule has 2 aliphatic heterocycles. The maximum absolute atomic E-state index is 13.2. The second-order valence-corrected chi connectivity index (χ2v) is 8.80. The highest BCUT2D eigenvalue weighted by atomic mass is 16.1. The van der Waals surface area contributed by atoms with Crippen LogP contribution in [-0.2, 0) is 0 Å². The molecule has 0 bridgehead atoms. The van der Waals surface area contributed by atoms with Gasteiger partial charge in [0.1, 0.15) is 0 Å². The summed E-state index contributed by atoms with van der Waals surface area (Å²) >= 11 is 0. The third-order valence-electron chi connectivity index (χ3n) is 6.51. The maximum atomic E-state index is 13.2. The van der Waals surface area contributed by atoms with Crippen molar-refractivity contribution in [1.82, 2.24) is 9.80 Å². The summed E-state index contributed by atoms with van der Waals surface area (Å²) in [6.07, 6.45) is 11.0. The number of rotatable bonds is 4. The molecule has 3 aliphatic rings. The van der Waals surface area contributed by atoms with Crippen LogP contribution in [0, 0.1) is 0 Å². The number of carbonyl (C=O) groups is 2. The first-order valence-electron chi connectivity index (χ1n) is 11.6. The minimum atomic E-state index is -0.129. The molecule has 6 nitrogen and oxygen atoms in total. The highest BCUT2D eigenvalue weighted by molar-refractivity contribution is 6.28. The summed E-state index contributed by atoms with van der Waals surface area (Å²) in [4.78, 5) is 39.8. The van der Waals surface area contributed by atoms with Crippen LogP contribution < -0.4 is 0 Å². The highest BCUT2D eigenvalue weighted by Gasteiger charge is 2.30. The number of likely N-dealkylation sites (tertiary alicyclic amines) is 2. The second kappa shape index (κ2) is 9.07. The Morgan fingerprint density at radius 2 is 0.969 bits per heavy atom. The third-order valence-corrected chi connectivity index (χ3v) is 6.51. The topological polar surface area (TPSA) is 65.3 Å². The summed E-state index contributed by atoms with van der Waals surface area (Å²) in [5.41, 5.74) is 3.14. The van der Waals surface area contributed by atoms with Gasteiger partial charge in [0, 0.05) is 48.4 Å². The molecule has 0 unspecified atom stereocenters. The Balaban J connectivity index is 1.38. The average Bonchev–Trinajstić information content (AvgIpc) is 2.86. The van der Waals surface area contributed by atoms with Gasteiger partial charge in [0.05, 0.1) is 24.1 Å². The monoisotopic (exact) mass is 428 g/mol. The Morgan fingerprint density at radius 3 is 1.38 bits per heavy atom. The van der Waals surface area contributed by atoms with Gasteiger partial charge in [-0.3, -0.25) is 9.59 Å². The number of hydrogen-bond donors (Lipinski definition) is 0. The number of carbonyl (C=O) groups excluding carboxylic acids is 2. The first-order valence-corrected chi connectivity index (χ1v) is 11.6. The smallest absolute Gasteiger partial charge is 0.194 e. The Bertz CT molecular complexity index is 1010. The van der Waals surface area contributed by atoms with Crippen molar-refractivity contribution in [3.63, 3.8) is 0 Å². The van der Waals surface area contributed by atoms with Gasteiger partial charge in [0.15, 0.2) is 11.6 Å². The number of ketones is 2. The summed E-state index contributed by atoms with van der Waals surface area (Å²) in [5.74, 6) is -0.257. The van der Waals surface area contributed by atoms with Crippen molar-refractivity contribution in [2.24, 2.45) is 9.98 Å². The molecule has 0 aromatic heterocycles. The van der Waals surface area contributed by atoms with Gasteiger partial charge < -0.3 is 9.80 Å². The van der Waals surface area contributed by atoms with Crippen LogP contribution in [0.3, 0.4) is 0 Å². The predicted molar refractivity (Wildman–Crippen MR) is 127 cm³/mol. The fraction of sp³-hybridized carbons (Fsp3) is 0.385. The minimum absolute atomic E-state index is 0.129. The first-order chi connectivity index (χ1) is 15.7. The van der Waals surface area contributed by atoms with E-state index in [0.29, 0.717) is 33.6 Å². The lowest BCUT2D eigenvalue weighted by Gasteiger charge is -2.24. The van der Waals surface area contributed by atoms with E-state index in [0.717, 1.165) is 26.2 Å². The largest absolute Gasteiger partial charge is 0.363 e. The van der Waals surface area contributed by atoms with Crippen LogP contribution in [0.2, 0.25) is 0 Å². The highest BCUT2D eigenvalue weighted by Crippen LogP contribution is 2.32. The van der Waals surface area contributed by atoms with Crippen LogP contribution in [0.4, 0.5) is 11.4 Å². The van der Waals surface area contributed by atoms with Crippen LogP contribution >= 0.6 is 0 Å². The van der Waals surface area contributed by atoms with E-state index in [-0.39, 0.29) is 11.6 Å². The summed E-state index contributed by atoms with van der Waals surface area (Å²) < 4.78 is 0. The molecule has 1 aliphatic carbocycles. The zero-order chi connectivity index (χ0) is 21.9. The van der Waals surface area contributed by atoms with Crippen LogP contribution in [0.15, 0.2) is 46.4 Å². The molecule has 0 spiro atoms. The van der Waals surface area contributed by atoms with Gasteiger partial charge in [0.2, 0.25) is 0 Å². The lowest BCUT2D eigenvalue weighted by atomic mass is 9.83. The summed E-state index contributed by atoms with van der Waals surface area (Å²) in [6, 6.07) is 10.6. The molecule has 0 N–H and O–H groups in total. The van der Waals surface area contributed by atoms with Gasteiger partial charge in [-0.2, -0.15) is 0 Å². The quantitative estimate of drug-likeness (QED) is 0.444. The minimum Gasteiger partial charge on any atom is -0.363 e. The van der Waals surface area contributed by atoms with Crippen molar-refractivity contribution < 1.29 is 9.59 Å². The van der Waals surface area contributed by atoms with E-state index in [1.807, 2.05) is 24.8 Å². The molecular formula is C26H28N4O2. The van der Waals surface area contributed by atoms with E-state index in [1.54, 1.807) is 24.3 Å². The van der Waals surface area contributed by atoms with Gasteiger partial charge >= 0.3 is 0 Å². The number of benzene rings is 2. The van der Waals surface area contributed by atoms with E-state index < -0.39 is 0 Å². The molecule has 0 radical (unpaired) electrons. The number of piperidine rings is 2. The van der Waals surface area contributed by atoms with E-state index >= 15 is 0 Å². The SMILES string of the molecule is O=C1c2ccc(/N=C/N3CCCCC3)cc2C(=O)c2ccc(/N=C/N3CCCCC3)cc21. The van der Waals surface area contributed by atoms with E-state index in [4.69, 9.17) is 0 Å². The molecule has 32 heavy (non-hydrogen) atoms. The average molecular weight is 429 g/mol. The Morgan fingerprint density at radius 1 is 0.562 bits per heavy atom. The fourth-order valence-electron chi connectivity index (χ4n) is 4.65. The van der Waals surface area contributed by atoms with Gasteiger partial charge in [-0.1, -0.05) is 0 Å². The predicted octanol–water partition coefficient (Wildman–Crippen LogP) is 4.75. The van der Waals surface area contributed by atoms with Crippen LogP contribution in [-0.4, -0.2) is 60.2 Å². The summed E-state index contributed by atoms with van der Waals surface area (Å²) in [6.45, 7) is 4.06. The van der Waals surface area contributed by atoms with E-state index in [2.05, 4.69) is 19.8 Å². The van der Waals surface area contributed by atoms with Gasteiger partial charge in [-0.15, -0.1) is 0 Å². The van der Waals surface area contributed by atoms with Crippen LogP contribution in [0.25, 0.3) is 0 Å². The normalized spacial score (nSPS) is 19.0. The third kappa shape index (κ3) is 4.22. The number of nitrogens with zero attached hydrogens (tertiary/aromatic N) is 4. The maximum Gasteiger partial charge on any atom is 0.194 e. The molecule has 2 aromatic carbocycles. The van der Waals surface area contributed by atoms with Gasteiger partial charge in [-0.05, 0) is 74.9 Å². The molecule has 2 fully saturated rings. The summed E-state index contributed by atoms with van der Waals surface area (Å²) in [7, 11) is 0. The van der Waals surface area contributed by atoms with Crippen LogP contribution in [0.5, 0.6) is 0 Å². The van der Waals surface area contributed by atoms with Crippen molar-refractivity contribution in [2.75, 3.05) is 26.2 Å². The van der Waals surface area contributed by atoms with Gasteiger partial charge in [-0.25, -0.2) is 9.98 Å². The van der Waals surface area contributed by atoms with Crippen molar-refractivity contribution in [2.45, 2.75) is 38.5 Å². The Labute approximate surface area is 188 Å². The molecule has 164 valence electrons. The van der Waals surface area contributed by atoms with Crippen LogP contribution in [0.1, 0.15) is 70.4 Å². The Hall–Kier alpha value is -3.28. The molecule has 2 saturated heterocycles. The zero-order valence-corrected chi connectivity index (χ0v) is 18.3. The number of fused-ring (bicyclic) bond motifs is 2. The van der Waals surface area contributed by atoms with E-state index in [9.17, 15) is 9.59 Å². The summed E-state index contributed by atoms with van der Waals surface area (Å²) in [5, 5.41) is 0. The van der Waals surface area contributed by atoms with Crippen molar-refractivity contribution in [3.05, 3.63) is 58.7 Å². The molecule has 5 rings (SSSR count). The zero-order valence-electron chi connectivity index (χ0n) is 18.3. The molecule has 6 heteroatoms. The molecule has 2 aromatic rings. The lowest BCUT2D eigenvalue weighted by Crippen LogP contribution is -2.28. The molecule has 2 heterocycles. The standard InChI is InChI=1S/C26H28N4O2/c31-25-22-10-8-20(28-18-30-13-5-2-6-14-30)16-24(22)26(32)21-9-7-19(15-23(21)25)27-17-29-11-3-1-4-12-29/h7-10,15-18H,1-6,11-14H2/b27-17+,28-18+. The molecule has 0 saturated carbocycles. The fourth-order valence-corrected chi connectivity index (χ4v) is 4.65. The lowest BCUT2D eigenvalue weighted by molar-refractivity contribution is 0.0979. The molecule has 0 amide bonds. The second-order valence-electron chi connectivity index (χ2n) is 8.80. The molecular weight excluding hydrogens is 400 g/mol. The van der Waals surface area contributed by atoms with Crippen molar-refractivity contribution in [1.29, 1.82) is 0 Å². The first kappa shape index (κ1) is 20.6. The number of aliphatic imine (C=N–C) groups is 2. The molecule has 0 atom stereocenters.